The topological polar surface area (TPSA) is 92.7 Å². The number of alkyl halides is 2. The van der Waals surface area contributed by atoms with Crippen LogP contribution in [0.15, 0.2) is 54.6 Å². The summed E-state index contributed by atoms with van der Waals surface area (Å²) < 4.78 is 39.3. The molecule has 1 aliphatic carbocycles. The largest absolute Gasteiger partial charge is 0.544 e. The van der Waals surface area contributed by atoms with Gasteiger partial charge in [0.2, 0.25) is 0 Å². The van der Waals surface area contributed by atoms with Crippen LogP contribution in [0, 0.1) is 5.92 Å². The normalized spacial score (nSPS) is 16.5. The van der Waals surface area contributed by atoms with Crippen LogP contribution in [-0.2, 0) is 14.3 Å². The van der Waals surface area contributed by atoms with Crippen LogP contribution >= 0.6 is 0 Å². The first-order valence-electron chi connectivity index (χ1n) is 11.3. The first-order valence-corrected chi connectivity index (χ1v) is 11.3. The van der Waals surface area contributed by atoms with E-state index in [9.17, 15) is 28.3 Å². The second-order valence-corrected chi connectivity index (χ2v) is 8.85. The lowest BCUT2D eigenvalue weighted by atomic mass is 9.77. The van der Waals surface area contributed by atoms with Crippen LogP contribution in [0.4, 0.5) is 8.78 Å². The van der Waals surface area contributed by atoms with E-state index in [0.717, 1.165) is 32.1 Å². The lowest BCUT2D eigenvalue weighted by Gasteiger charge is -2.40. The number of carbonyl (C=O) groups excluding carboxylic acids is 3. The van der Waals surface area contributed by atoms with Crippen LogP contribution in [-0.4, -0.2) is 29.4 Å². The van der Waals surface area contributed by atoms with E-state index in [1.54, 1.807) is 6.07 Å². The first kappa shape index (κ1) is 25.3. The highest BCUT2D eigenvalue weighted by Gasteiger charge is 2.45. The molecule has 1 saturated carbocycles. The van der Waals surface area contributed by atoms with Crippen molar-refractivity contribution in [2.24, 2.45) is 5.92 Å². The Morgan fingerprint density at radius 1 is 0.882 bits per heavy atom. The van der Waals surface area contributed by atoms with Crippen molar-refractivity contribution in [2.45, 2.75) is 63.6 Å². The summed E-state index contributed by atoms with van der Waals surface area (Å²) in [6, 6.07) is 12.0. The van der Waals surface area contributed by atoms with Crippen molar-refractivity contribution >= 4 is 17.9 Å². The van der Waals surface area contributed by atoms with Crippen molar-refractivity contribution in [1.29, 1.82) is 0 Å². The van der Waals surface area contributed by atoms with E-state index in [1.165, 1.54) is 48.5 Å². The van der Waals surface area contributed by atoms with E-state index < -0.39 is 35.5 Å². The molecule has 0 aliphatic heterocycles. The van der Waals surface area contributed by atoms with Gasteiger partial charge in [-0.05, 0) is 61.4 Å². The van der Waals surface area contributed by atoms with Gasteiger partial charge < -0.3 is 19.4 Å². The zero-order valence-corrected chi connectivity index (χ0v) is 19.1. The standard InChI is InChI=1S/C26H28F2O6/c1-17(2)25(15-7-4-8-16-25)34-23(30)20-13-11-19(12-14-20)22(29)33-21(26(27,28)24(31)32)18-9-5-3-6-10-18/h3,5-6,9-14,17,21H,4,7-8,15-16H2,1-2H3,(H,31,32)/p-1. The van der Waals surface area contributed by atoms with Gasteiger partial charge in [0.05, 0.1) is 11.1 Å². The average molecular weight is 473 g/mol. The van der Waals surface area contributed by atoms with Gasteiger partial charge in [-0.3, -0.25) is 0 Å². The molecule has 6 nitrogen and oxygen atoms in total. The van der Waals surface area contributed by atoms with E-state index in [0.29, 0.717) is 0 Å². The fourth-order valence-electron chi connectivity index (χ4n) is 4.19. The van der Waals surface area contributed by atoms with E-state index >= 15 is 0 Å². The molecule has 0 bridgehead atoms. The van der Waals surface area contributed by atoms with Gasteiger partial charge in [-0.1, -0.05) is 50.6 Å². The molecular formula is C26H27F2O6-. The molecule has 0 radical (unpaired) electrons. The Kier molecular flexibility index (Phi) is 7.69. The predicted octanol–water partition coefficient (Wildman–Crippen LogP) is 4.49. The predicted molar refractivity (Wildman–Crippen MR) is 117 cm³/mol. The Bertz CT molecular complexity index is 1010. The molecule has 1 fully saturated rings. The molecule has 1 atom stereocenters. The summed E-state index contributed by atoms with van der Waals surface area (Å²) in [5.41, 5.74) is -0.645. The van der Waals surface area contributed by atoms with Crippen molar-refractivity contribution in [3.8, 4) is 0 Å². The Morgan fingerprint density at radius 2 is 1.41 bits per heavy atom. The lowest BCUT2D eigenvalue weighted by molar-refractivity contribution is -0.336. The molecule has 0 spiro atoms. The highest BCUT2D eigenvalue weighted by Crippen LogP contribution is 2.38. The SMILES string of the molecule is CC(C)C1(OC(=O)c2ccc(C(=O)OC(c3ccccc3)C(F)(F)C(=O)[O-])cc2)CCCCC1. The van der Waals surface area contributed by atoms with Crippen molar-refractivity contribution in [3.05, 3.63) is 71.3 Å². The lowest BCUT2D eigenvalue weighted by Crippen LogP contribution is -2.47. The van der Waals surface area contributed by atoms with Crippen LogP contribution in [0.5, 0.6) is 0 Å². The smallest absolute Gasteiger partial charge is 0.338 e. The second kappa shape index (κ2) is 10.3. The zero-order chi connectivity index (χ0) is 24.9. The number of benzene rings is 2. The summed E-state index contributed by atoms with van der Waals surface area (Å²) >= 11 is 0. The van der Waals surface area contributed by atoms with Crippen molar-refractivity contribution in [3.63, 3.8) is 0 Å². The minimum atomic E-state index is -4.45. The number of carboxylic acids is 1. The maximum Gasteiger partial charge on any atom is 0.338 e. The van der Waals surface area contributed by atoms with E-state index in [-0.39, 0.29) is 22.6 Å². The number of rotatable bonds is 8. The number of hydrogen-bond donors (Lipinski definition) is 0. The van der Waals surface area contributed by atoms with Crippen molar-refractivity contribution < 1.29 is 37.7 Å². The molecular weight excluding hydrogens is 446 g/mol. The van der Waals surface area contributed by atoms with Crippen LogP contribution in [0.25, 0.3) is 0 Å². The van der Waals surface area contributed by atoms with E-state index in [1.807, 2.05) is 13.8 Å². The van der Waals surface area contributed by atoms with Gasteiger partial charge >= 0.3 is 17.9 Å². The molecule has 0 saturated heterocycles. The fourth-order valence-corrected chi connectivity index (χ4v) is 4.19. The fraction of sp³-hybridized carbons (Fsp3) is 0.423. The highest BCUT2D eigenvalue weighted by atomic mass is 19.3. The van der Waals surface area contributed by atoms with Crippen LogP contribution < -0.4 is 5.11 Å². The molecule has 1 unspecified atom stereocenters. The quantitative estimate of drug-likeness (QED) is 0.525. The molecule has 3 rings (SSSR count). The number of carboxylic acid groups (broad SMARTS) is 1. The van der Waals surface area contributed by atoms with Gasteiger partial charge in [0.15, 0.2) is 6.10 Å². The summed E-state index contributed by atoms with van der Waals surface area (Å²) in [7, 11) is 0. The second-order valence-electron chi connectivity index (χ2n) is 8.85. The van der Waals surface area contributed by atoms with Crippen LogP contribution in [0.2, 0.25) is 0 Å². The Balaban J connectivity index is 1.76. The molecule has 0 N–H and O–H groups in total. The molecule has 34 heavy (non-hydrogen) atoms. The Labute approximate surface area is 196 Å². The Hall–Kier alpha value is -3.29. The zero-order valence-electron chi connectivity index (χ0n) is 19.1. The molecule has 0 amide bonds. The number of aliphatic carboxylic acids is 1. The van der Waals surface area contributed by atoms with Gasteiger partial charge in [-0.15, -0.1) is 0 Å². The molecule has 1 aliphatic rings. The van der Waals surface area contributed by atoms with Crippen LogP contribution in [0.3, 0.4) is 0 Å². The van der Waals surface area contributed by atoms with Gasteiger partial charge in [0, 0.05) is 0 Å². The van der Waals surface area contributed by atoms with Crippen molar-refractivity contribution in [1.82, 2.24) is 0 Å². The third-order valence-electron chi connectivity index (χ3n) is 6.33. The highest BCUT2D eigenvalue weighted by molar-refractivity contribution is 5.93. The molecule has 2 aromatic rings. The van der Waals surface area contributed by atoms with Gasteiger partial charge in [0.25, 0.3) is 0 Å². The molecule has 0 aromatic heterocycles. The minimum absolute atomic E-state index is 0.122. The molecule has 0 heterocycles. The van der Waals surface area contributed by atoms with E-state index in [2.05, 4.69) is 0 Å². The molecule has 8 heteroatoms. The maximum atomic E-state index is 14.3. The number of esters is 2. The summed E-state index contributed by atoms with van der Waals surface area (Å²) in [4.78, 5) is 36.3. The third-order valence-corrected chi connectivity index (χ3v) is 6.33. The number of carbonyl (C=O) groups is 3. The summed E-state index contributed by atoms with van der Waals surface area (Å²) in [5, 5.41) is 11.0. The molecule has 182 valence electrons. The van der Waals surface area contributed by atoms with Crippen molar-refractivity contribution in [2.75, 3.05) is 0 Å². The monoisotopic (exact) mass is 473 g/mol. The van der Waals surface area contributed by atoms with Crippen LogP contribution in [0.1, 0.15) is 78.3 Å². The number of ether oxygens (including phenoxy) is 2. The number of halogens is 2. The van der Waals surface area contributed by atoms with E-state index in [4.69, 9.17) is 9.47 Å². The summed E-state index contributed by atoms with van der Waals surface area (Å²) in [6.07, 6.45) is 2.25. The summed E-state index contributed by atoms with van der Waals surface area (Å²) in [6.45, 7) is 4.03. The average Bonchev–Trinajstić information content (AvgIpc) is 2.83. The van der Waals surface area contributed by atoms with Gasteiger partial charge in [-0.25, -0.2) is 9.59 Å². The van der Waals surface area contributed by atoms with Gasteiger partial charge in [-0.2, -0.15) is 8.78 Å². The maximum absolute atomic E-state index is 14.3. The van der Waals surface area contributed by atoms with Gasteiger partial charge in [0.1, 0.15) is 11.6 Å². The Morgan fingerprint density at radius 3 is 1.91 bits per heavy atom. The molecule has 2 aromatic carbocycles. The number of hydrogen-bond acceptors (Lipinski definition) is 6. The summed E-state index contributed by atoms with van der Waals surface area (Å²) in [5.74, 6) is -8.66. The first-order chi connectivity index (χ1) is 16.1. The minimum Gasteiger partial charge on any atom is -0.544 e. The third kappa shape index (κ3) is 5.43.